The molecule has 0 saturated carbocycles. The lowest BCUT2D eigenvalue weighted by molar-refractivity contribution is 1.36. The molecule has 0 nitrogen and oxygen atoms in total. The van der Waals surface area contributed by atoms with Crippen LogP contribution in [0.3, 0.4) is 0 Å². The van der Waals surface area contributed by atoms with Gasteiger partial charge in [-0.25, -0.2) is 0 Å². The van der Waals surface area contributed by atoms with E-state index < -0.39 is 0 Å². The molecule has 0 heterocycles. The van der Waals surface area contributed by atoms with Crippen molar-refractivity contribution in [1.82, 2.24) is 0 Å². The number of hydrogen-bond donors (Lipinski definition) is 0. The molecule has 2 aromatic carbocycles. The van der Waals surface area contributed by atoms with Crippen LogP contribution in [0.1, 0.15) is 22.3 Å². The van der Waals surface area contributed by atoms with Gasteiger partial charge >= 0.3 is 0 Å². The number of aryl methyl sites for hydroxylation is 3. The first-order chi connectivity index (χ1) is 7.13. The summed E-state index contributed by atoms with van der Waals surface area (Å²) >= 11 is 0. The van der Waals surface area contributed by atoms with Gasteiger partial charge in [0, 0.05) is 0 Å². The third-order valence-electron chi connectivity index (χ3n) is 3.10. The third-order valence-corrected chi connectivity index (χ3v) is 3.10. The van der Waals surface area contributed by atoms with Crippen LogP contribution >= 0.6 is 0 Å². The highest BCUT2D eigenvalue weighted by molar-refractivity contribution is 5.93. The Morgan fingerprint density at radius 2 is 1.47 bits per heavy atom. The maximum absolute atomic E-state index is 3.86. The maximum atomic E-state index is 3.86. The van der Waals surface area contributed by atoms with Gasteiger partial charge < -0.3 is 0 Å². The molecule has 0 aliphatic rings. The van der Waals surface area contributed by atoms with Crippen LogP contribution in [0.15, 0.2) is 30.8 Å². The number of rotatable bonds is 1. The van der Waals surface area contributed by atoms with E-state index in [1.54, 1.807) is 0 Å². The van der Waals surface area contributed by atoms with Crippen LogP contribution in [0.5, 0.6) is 0 Å². The minimum absolute atomic E-state index is 1.22. The summed E-state index contributed by atoms with van der Waals surface area (Å²) in [5, 5.41) is 2.66. The Kier molecular flexibility index (Phi) is 2.36. The van der Waals surface area contributed by atoms with Crippen molar-refractivity contribution in [2.45, 2.75) is 20.8 Å². The van der Waals surface area contributed by atoms with Crippen LogP contribution in [0.4, 0.5) is 0 Å². The summed E-state index contributed by atoms with van der Waals surface area (Å²) in [4.78, 5) is 0. The quantitative estimate of drug-likeness (QED) is 0.633. The van der Waals surface area contributed by atoms with Gasteiger partial charge in [-0.2, -0.15) is 0 Å². The molecule has 0 atom stereocenters. The molecule has 0 bridgehead atoms. The van der Waals surface area contributed by atoms with Crippen molar-refractivity contribution in [2.24, 2.45) is 0 Å². The van der Waals surface area contributed by atoms with E-state index in [9.17, 15) is 0 Å². The average Bonchev–Trinajstić information content (AvgIpc) is 2.22. The molecule has 0 amide bonds. The van der Waals surface area contributed by atoms with Gasteiger partial charge in [-0.05, 0) is 53.8 Å². The highest BCUT2D eigenvalue weighted by Gasteiger charge is 2.03. The van der Waals surface area contributed by atoms with Gasteiger partial charge in [-0.3, -0.25) is 0 Å². The Balaban J connectivity index is 2.94. The Labute approximate surface area is 91.2 Å². The number of benzene rings is 2. The second kappa shape index (κ2) is 3.54. The molecule has 0 saturated heterocycles. The van der Waals surface area contributed by atoms with Gasteiger partial charge in [-0.1, -0.05) is 36.9 Å². The predicted molar refractivity (Wildman–Crippen MR) is 68.3 cm³/mol. The molecule has 0 radical (unpaired) electrons. The summed E-state index contributed by atoms with van der Waals surface area (Å²) < 4.78 is 0. The smallest absolute Gasteiger partial charge is 0.0106 e. The summed E-state index contributed by atoms with van der Waals surface area (Å²) in [5.74, 6) is 0. The molecule has 0 heteroatoms. The normalized spacial score (nSPS) is 10.6. The molecule has 2 aromatic rings. The molecule has 0 unspecified atom stereocenters. The zero-order chi connectivity index (χ0) is 11.0. The van der Waals surface area contributed by atoms with E-state index in [1.165, 1.54) is 33.0 Å². The molecule has 0 aliphatic carbocycles. The van der Waals surface area contributed by atoms with E-state index in [0.717, 1.165) is 0 Å². The molecule has 0 aliphatic heterocycles. The van der Waals surface area contributed by atoms with Gasteiger partial charge in [0.2, 0.25) is 0 Å². The molecule has 0 fully saturated rings. The maximum Gasteiger partial charge on any atom is -0.0106 e. The van der Waals surface area contributed by atoms with Crippen LogP contribution in [-0.2, 0) is 0 Å². The predicted octanol–water partition coefficient (Wildman–Crippen LogP) is 4.41. The van der Waals surface area contributed by atoms with Crippen LogP contribution < -0.4 is 0 Å². The minimum Gasteiger partial charge on any atom is -0.0984 e. The first-order valence-corrected chi connectivity index (χ1v) is 5.26. The summed E-state index contributed by atoms with van der Waals surface area (Å²) in [6.07, 6.45) is 1.93. The van der Waals surface area contributed by atoms with Crippen molar-refractivity contribution in [2.75, 3.05) is 0 Å². The van der Waals surface area contributed by atoms with Gasteiger partial charge in [0.05, 0.1) is 0 Å². The Morgan fingerprint density at radius 1 is 0.867 bits per heavy atom. The van der Waals surface area contributed by atoms with Gasteiger partial charge in [-0.15, -0.1) is 0 Å². The summed E-state index contributed by atoms with van der Waals surface area (Å²) in [7, 11) is 0. The van der Waals surface area contributed by atoms with E-state index in [4.69, 9.17) is 0 Å². The Hall–Kier alpha value is -1.56. The molecule has 15 heavy (non-hydrogen) atoms. The average molecular weight is 196 g/mol. The van der Waals surface area contributed by atoms with E-state index in [1.807, 2.05) is 6.08 Å². The van der Waals surface area contributed by atoms with Crippen molar-refractivity contribution in [3.8, 4) is 0 Å². The van der Waals surface area contributed by atoms with Gasteiger partial charge in [0.15, 0.2) is 0 Å². The molecular formula is C15H16. The van der Waals surface area contributed by atoms with Gasteiger partial charge in [0.25, 0.3) is 0 Å². The lowest BCUT2D eigenvalue weighted by atomic mass is 9.96. The van der Waals surface area contributed by atoms with Crippen LogP contribution in [0.25, 0.3) is 16.8 Å². The molecule has 2 rings (SSSR count). The largest absolute Gasteiger partial charge is 0.0984 e. The van der Waals surface area contributed by atoms with Crippen molar-refractivity contribution in [3.63, 3.8) is 0 Å². The second-order valence-electron chi connectivity index (χ2n) is 4.16. The Morgan fingerprint density at radius 3 is 2.07 bits per heavy atom. The molecule has 0 N–H and O–H groups in total. The van der Waals surface area contributed by atoms with Crippen molar-refractivity contribution in [1.29, 1.82) is 0 Å². The van der Waals surface area contributed by atoms with Crippen LogP contribution in [-0.4, -0.2) is 0 Å². The fraction of sp³-hybridized carbons (Fsp3) is 0.200. The summed E-state index contributed by atoms with van der Waals surface area (Å²) in [5.41, 5.74) is 5.25. The molecule has 0 spiro atoms. The zero-order valence-electron chi connectivity index (χ0n) is 9.59. The fourth-order valence-electron chi connectivity index (χ4n) is 1.95. The van der Waals surface area contributed by atoms with E-state index in [0.29, 0.717) is 0 Å². The van der Waals surface area contributed by atoms with E-state index >= 15 is 0 Å². The lowest BCUT2D eigenvalue weighted by Gasteiger charge is -2.09. The van der Waals surface area contributed by atoms with Crippen LogP contribution in [0.2, 0.25) is 0 Å². The van der Waals surface area contributed by atoms with Crippen molar-refractivity contribution < 1.29 is 0 Å². The summed E-state index contributed by atoms with van der Waals surface area (Å²) in [6.45, 7) is 10.3. The standard InChI is InChI=1S/C15H16/c1-5-13-7-6-10(2)14-8-11(3)12(4)9-15(13)14/h5-9H,1H2,2-4H3. The summed E-state index contributed by atoms with van der Waals surface area (Å²) in [6, 6.07) is 8.83. The number of fused-ring (bicyclic) bond motifs is 1. The topological polar surface area (TPSA) is 0 Å². The highest BCUT2D eigenvalue weighted by Crippen LogP contribution is 2.26. The van der Waals surface area contributed by atoms with Crippen LogP contribution in [0, 0.1) is 20.8 Å². The molecular weight excluding hydrogens is 180 g/mol. The highest BCUT2D eigenvalue weighted by atomic mass is 14.1. The Bertz CT molecular complexity index is 533. The molecule has 76 valence electrons. The first kappa shape index (κ1) is 9.97. The minimum atomic E-state index is 1.22. The van der Waals surface area contributed by atoms with E-state index in [2.05, 4.69) is 51.6 Å². The van der Waals surface area contributed by atoms with Crippen molar-refractivity contribution in [3.05, 3.63) is 53.1 Å². The zero-order valence-corrected chi connectivity index (χ0v) is 9.59. The SMILES string of the molecule is C=Cc1ccc(C)c2cc(C)c(C)cc12. The monoisotopic (exact) mass is 196 g/mol. The van der Waals surface area contributed by atoms with Gasteiger partial charge in [0.1, 0.15) is 0 Å². The lowest BCUT2D eigenvalue weighted by Crippen LogP contribution is -1.87. The third kappa shape index (κ3) is 1.56. The van der Waals surface area contributed by atoms with E-state index in [-0.39, 0.29) is 0 Å². The first-order valence-electron chi connectivity index (χ1n) is 5.26. The fourth-order valence-corrected chi connectivity index (χ4v) is 1.95. The molecule has 0 aromatic heterocycles. The van der Waals surface area contributed by atoms with Crippen molar-refractivity contribution >= 4 is 16.8 Å². The second-order valence-corrected chi connectivity index (χ2v) is 4.16. The number of hydrogen-bond acceptors (Lipinski definition) is 0.